The number of rotatable bonds is 7. The molecule has 186 valence electrons. The maximum absolute atomic E-state index is 14.2. The van der Waals surface area contributed by atoms with Crippen LogP contribution in [0.5, 0.6) is 5.75 Å². The molecule has 1 heterocycles. The molecule has 3 atom stereocenters. The van der Waals surface area contributed by atoms with Gasteiger partial charge in [0, 0.05) is 30.0 Å². The quantitative estimate of drug-likeness (QED) is 0.419. The Bertz CT molecular complexity index is 1260. The summed E-state index contributed by atoms with van der Waals surface area (Å²) in [6, 6.07) is 17.3. The van der Waals surface area contributed by atoms with E-state index in [1.54, 1.807) is 7.11 Å². The highest BCUT2D eigenvalue weighted by Crippen LogP contribution is 2.67. The second kappa shape index (κ2) is 9.08. The number of allylic oxidation sites excluding steroid dienone is 2. The van der Waals surface area contributed by atoms with Crippen molar-refractivity contribution in [1.82, 2.24) is 4.90 Å². The van der Waals surface area contributed by atoms with Gasteiger partial charge in [0.05, 0.1) is 14.2 Å². The van der Waals surface area contributed by atoms with Crippen molar-refractivity contribution in [1.29, 1.82) is 0 Å². The molecule has 0 unspecified atom stereocenters. The number of hydrogen-bond acceptors (Lipinski definition) is 5. The van der Waals surface area contributed by atoms with Crippen molar-refractivity contribution in [2.75, 3.05) is 14.2 Å². The zero-order valence-electron chi connectivity index (χ0n) is 21.0. The van der Waals surface area contributed by atoms with Gasteiger partial charge in [0.1, 0.15) is 5.75 Å². The van der Waals surface area contributed by atoms with E-state index < -0.39 is 16.8 Å². The minimum Gasteiger partial charge on any atom is -0.497 e. The lowest BCUT2D eigenvalue weighted by molar-refractivity contribution is -0.162. The number of methoxy groups -OCH3 is 2. The molecule has 1 amide bonds. The van der Waals surface area contributed by atoms with Crippen LogP contribution >= 0.6 is 0 Å². The minimum absolute atomic E-state index is 0.0433. The van der Waals surface area contributed by atoms with Gasteiger partial charge in [-0.15, -0.1) is 0 Å². The summed E-state index contributed by atoms with van der Waals surface area (Å²) in [5.74, 6) is -0.0110. The number of benzene rings is 2. The molecule has 3 aliphatic rings. The molecule has 1 saturated carbocycles. The smallest absolute Gasteiger partial charge is 0.322 e. The van der Waals surface area contributed by atoms with Gasteiger partial charge in [0.2, 0.25) is 5.91 Å². The Labute approximate surface area is 211 Å². The van der Waals surface area contributed by atoms with Gasteiger partial charge in [-0.3, -0.25) is 14.4 Å². The Kier molecular flexibility index (Phi) is 6.07. The Morgan fingerprint density at radius 3 is 2.47 bits per heavy atom. The molecule has 1 saturated heterocycles. The number of ether oxygens (including phenoxy) is 2. The van der Waals surface area contributed by atoms with Crippen molar-refractivity contribution in [3.63, 3.8) is 0 Å². The number of ketones is 1. The van der Waals surface area contributed by atoms with Crippen molar-refractivity contribution in [3.05, 3.63) is 82.9 Å². The number of likely N-dealkylation sites (tertiary alicyclic amines) is 1. The zero-order chi connectivity index (χ0) is 25.5. The molecular formula is C30H31NO5. The van der Waals surface area contributed by atoms with Gasteiger partial charge in [-0.25, -0.2) is 0 Å². The molecule has 1 aliphatic heterocycles. The van der Waals surface area contributed by atoms with E-state index in [1.165, 1.54) is 7.11 Å². The Hall–Kier alpha value is -3.67. The molecule has 0 spiro atoms. The van der Waals surface area contributed by atoms with E-state index in [2.05, 4.69) is 0 Å². The monoisotopic (exact) mass is 485 g/mol. The number of esters is 1. The van der Waals surface area contributed by atoms with Gasteiger partial charge < -0.3 is 14.4 Å². The molecule has 0 N–H and O–H groups in total. The first-order chi connectivity index (χ1) is 17.4. The summed E-state index contributed by atoms with van der Waals surface area (Å²) in [5.41, 5.74) is 1.20. The van der Waals surface area contributed by atoms with Gasteiger partial charge in [0.15, 0.2) is 11.2 Å². The third-order valence-corrected chi connectivity index (χ3v) is 8.35. The molecule has 0 aromatic heterocycles. The van der Waals surface area contributed by atoms with Crippen LogP contribution < -0.4 is 4.74 Å². The largest absolute Gasteiger partial charge is 0.497 e. The average Bonchev–Trinajstić information content (AvgIpc) is 3.27. The summed E-state index contributed by atoms with van der Waals surface area (Å²) in [5, 5.41) is 0. The normalized spacial score (nSPS) is 27.1. The summed E-state index contributed by atoms with van der Waals surface area (Å²) >= 11 is 0. The minimum atomic E-state index is -1.42. The van der Waals surface area contributed by atoms with Crippen molar-refractivity contribution in [2.24, 2.45) is 10.8 Å². The van der Waals surface area contributed by atoms with E-state index in [0.717, 1.165) is 22.4 Å². The molecule has 2 aliphatic carbocycles. The predicted octanol–water partition coefficient (Wildman–Crippen LogP) is 4.74. The Balaban J connectivity index is 1.54. The summed E-state index contributed by atoms with van der Waals surface area (Å²) in [6.45, 7) is 2.30. The van der Waals surface area contributed by atoms with Gasteiger partial charge >= 0.3 is 5.97 Å². The molecule has 6 heteroatoms. The van der Waals surface area contributed by atoms with Crippen LogP contribution in [-0.4, -0.2) is 42.8 Å². The van der Waals surface area contributed by atoms with Crippen LogP contribution in [0.1, 0.15) is 43.7 Å². The van der Waals surface area contributed by atoms with Gasteiger partial charge in [-0.1, -0.05) is 67.1 Å². The maximum Gasteiger partial charge on any atom is 0.322 e. The topological polar surface area (TPSA) is 72.9 Å². The van der Waals surface area contributed by atoms with Crippen molar-refractivity contribution in [3.8, 4) is 5.75 Å². The summed E-state index contributed by atoms with van der Waals surface area (Å²) in [4.78, 5) is 42.8. The van der Waals surface area contributed by atoms with Gasteiger partial charge in [-0.2, -0.15) is 0 Å². The first-order valence-electron chi connectivity index (χ1n) is 12.4. The number of hydrogen-bond donors (Lipinski definition) is 0. The lowest BCUT2D eigenvalue weighted by Gasteiger charge is -2.42. The highest BCUT2D eigenvalue weighted by atomic mass is 16.5. The van der Waals surface area contributed by atoms with Crippen molar-refractivity contribution in [2.45, 2.75) is 45.2 Å². The van der Waals surface area contributed by atoms with E-state index in [9.17, 15) is 14.4 Å². The SMILES string of the molecule is COC(=O)[C@@]12CC(C/C=C/c3ccccc3)=C3C(=O)CC[C@@H](N(Cc4ccc(OC)cc4)C1=O)[C@]32C. The predicted molar refractivity (Wildman–Crippen MR) is 136 cm³/mol. The summed E-state index contributed by atoms with van der Waals surface area (Å²) in [7, 11) is 2.94. The number of nitrogens with zero attached hydrogens (tertiary/aromatic N) is 1. The lowest BCUT2D eigenvalue weighted by atomic mass is 9.58. The first kappa shape index (κ1) is 24.0. The molecule has 2 aromatic carbocycles. The first-order valence-corrected chi connectivity index (χ1v) is 12.4. The highest BCUT2D eigenvalue weighted by molar-refractivity contribution is 6.12. The standard InChI is InChI=1S/C30H31NO5/c1-29-25-17-16-24(32)26(29)22(11-7-10-20-8-5-4-6-9-20)18-30(29,28(34)36-3)27(33)31(25)19-21-12-14-23(35-2)15-13-21/h4-10,12-15,25H,11,16-19H2,1-3H3/b10-7+/t25-,29-,30-/m1/s1. The molecule has 5 rings (SSSR count). The van der Waals surface area contributed by atoms with Crippen LogP contribution in [0.4, 0.5) is 0 Å². The number of carbonyl (C=O) groups is 3. The number of Topliss-reactive ketones (excluding diaryl/α,β-unsaturated/α-hetero) is 1. The third-order valence-electron chi connectivity index (χ3n) is 8.35. The molecule has 2 fully saturated rings. The average molecular weight is 486 g/mol. The Morgan fingerprint density at radius 1 is 1.08 bits per heavy atom. The summed E-state index contributed by atoms with van der Waals surface area (Å²) in [6.07, 6.45) is 5.66. The van der Waals surface area contributed by atoms with Gasteiger partial charge in [-0.05, 0) is 42.5 Å². The fourth-order valence-corrected chi connectivity index (χ4v) is 6.67. The fraction of sp³-hybridized carbons (Fsp3) is 0.367. The van der Waals surface area contributed by atoms with E-state index in [4.69, 9.17) is 9.47 Å². The molecule has 36 heavy (non-hydrogen) atoms. The van der Waals surface area contributed by atoms with Crippen molar-refractivity contribution >= 4 is 23.7 Å². The van der Waals surface area contributed by atoms with Crippen molar-refractivity contribution < 1.29 is 23.9 Å². The molecular weight excluding hydrogens is 454 g/mol. The van der Waals surface area contributed by atoms with Crippen LogP contribution in [-0.2, 0) is 25.7 Å². The van der Waals surface area contributed by atoms with E-state index in [-0.39, 0.29) is 24.2 Å². The lowest BCUT2D eigenvalue weighted by Crippen LogP contribution is -2.51. The van der Waals surface area contributed by atoms with E-state index >= 15 is 0 Å². The van der Waals surface area contributed by atoms with Crippen LogP contribution in [0.3, 0.4) is 0 Å². The molecule has 0 bridgehead atoms. The second-order valence-electron chi connectivity index (χ2n) is 10.0. The second-order valence-corrected chi connectivity index (χ2v) is 10.0. The number of carbonyl (C=O) groups excluding carboxylic acids is 3. The van der Waals surface area contributed by atoms with Crippen LogP contribution in [0.15, 0.2) is 71.8 Å². The van der Waals surface area contributed by atoms with E-state index in [1.807, 2.05) is 78.6 Å². The zero-order valence-corrected chi connectivity index (χ0v) is 21.0. The van der Waals surface area contributed by atoms with E-state index in [0.29, 0.717) is 31.4 Å². The highest BCUT2D eigenvalue weighted by Gasteiger charge is 2.76. The van der Waals surface area contributed by atoms with Crippen LogP contribution in [0, 0.1) is 10.8 Å². The molecule has 2 aromatic rings. The fourth-order valence-electron chi connectivity index (χ4n) is 6.67. The third kappa shape index (κ3) is 3.42. The molecule has 6 nitrogen and oxygen atoms in total. The maximum atomic E-state index is 14.2. The summed E-state index contributed by atoms with van der Waals surface area (Å²) < 4.78 is 10.5. The van der Waals surface area contributed by atoms with Gasteiger partial charge in [0.25, 0.3) is 0 Å². The Morgan fingerprint density at radius 2 is 1.81 bits per heavy atom. The van der Waals surface area contributed by atoms with Crippen LogP contribution in [0.2, 0.25) is 0 Å². The number of amides is 1. The van der Waals surface area contributed by atoms with Crippen LogP contribution in [0.25, 0.3) is 6.08 Å². The molecule has 0 radical (unpaired) electrons.